The van der Waals surface area contributed by atoms with Crippen LogP contribution in [0.25, 0.3) is 0 Å². The summed E-state index contributed by atoms with van der Waals surface area (Å²) in [7, 11) is 1.61. The molecule has 1 unspecified atom stereocenters. The lowest BCUT2D eigenvalue weighted by Crippen LogP contribution is -2.41. The smallest absolute Gasteiger partial charge is 0.260 e. The molecule has 2 rings (SSSR count). The lowest BCUT2D eigenvalue weighted by molar-refractivity contribution is -0.135. The van der Waals surface area contributed by atoms with Crippen molar-refractivity contribution in [1.82, 2.24) is 4.90 Å². The molecule has 0 spiro atoms. The number of likely N-dealkylation sites (tertiary alicyclic amines) is 1. The molecule has 1 heterocycles. The molecule has 1 aliphatic heterocycles. The summed E-state index contributed by atoms with van der Waals surface area (Å²) in [5.74, 6) is 1.93. The van der Waals surface area contributed by atoms with E-state index in [-0.39, 0.29) is 12.5 Å². The van der Waals surface area contributed by atoms with Crippen molar-refractivity contribution in [2.75, 3.05) is 26.8 Å². The molecule has 0 radical (unpaired) electrons. The molecule has 1 saturated heterocycles. The predicted molar refractivity (Wildman–Crippen MR) is 78.2 cm³/mol. The van der Waals surface area contributed by atoms with Gasteiger partial charge < -0.3 is 14.4 Å². The molecule has 1 fully saturated rings. The Hall–Kier alpha value is -1.71. The van der Waals surface area contributed by atoms with Crippen LogP contribution in [-0.2, 0) is 4.79 Å². The van der Waals surface area contributed by atoms with Gasteiger partial charge in [0.1, 0.15) is 0 Å². The summed E-state index contributed by atoms with van der Waals surface area (Å²) in [6, 6.07) is 5.70. The van der Waals surface area contributed by atoms with E-state index in [1.807, 2.05) is 30.0 Å². The minimum Gasteiger partial charge on any atom is -0.493 e. The number of ether oxygens (including phenoxy) is 2. The van der Waals surface area contributed by atoms with E-state index in [1.54, 1.807) is 7.11 Å². The number of aryl methyl sites for hydroxylation is 1. The summed E-state index contributed by atoms with van der Waals surface area (Å²) >= 11 is 0. The summed E-state index contributed by atoms with van der Waals surface area (Å²) in [5, 5.41) is 0. The van der Waals surface area contributed by atoms with Gasteiger partial charge in [-0.2, -0.15) is 0 Å². The van der Waals surface area contributed by atoms with Crippen molar-refractivity contribution >= 4 is 5.91 Å². The maximum atomic E-state index is 12.1. The molecule has 4 nitrogen and oxygen atoms in total. The Morgan fingerprint density at radius 3 is 2.90 bits per heavy atom. The van der Waals surface area contributed by atoms with E-state index in [9.17, 15) is 4.79 Å². The number of nitrogens with zero attached hydrogens (tertiary/aromatic N) is 1. The van der Waals surface area contributed by atoms with Crippen molar-refractivity contribution in [1.29, 1.82) is 0 Å². The Morgan fingerprint density at radius 1 is 1.40 bits per heavy atom. The van der Waals surface area contributed by atoms with Gasteiger partial charge in [-0.1, -0.05) is 13.0 Å². The summed E-state index contributed by atoms with van der Waals surface area (Å²) in [6.45, 7) is 5.94. The fourth-order valence-electron chi connectivity index (χ4n) is 2.54. The highest BCUT2D eigenvalue weighted by atomic mass is 16.5. The molecule has 1 atom stereocenters. The zero-order chi connectivity index (χ0) is 14.5. The first-order chi connectivity index (χ1) is 9.60. The molecule has 0 bridgehead atoms. The molecule has 20 heavy (non-hydrogen) atoms. The molecular weight excluding hydrogens is 254 g/mol. The average Bonchev–Trinajstić information content (AvgIpc) is 2.45. The third kappa shape index (κ3) is 3.65. The van der Waals surface area contributed by atoms with E-state index >= 15 is 0 Å². The number of carbonyl (C=O) groups is 1. The maximum Gasteiger partial charge on any atom is 0.260 e. The van der Waals surface area contributed by atoms with Gasteiger partial charge in [-0.05, 0) is 43.4 Å². The second kappa shape index (κ2) is 6.64. The van der Waals surface area contributed by atoms with Crippen LogP contribution in [0.4, 0.5) is 0 Å². The van der Waals surface area contributed by atoms with Gasteiger partial charge in [0, 0.05) is 13.1 Å². The van der Waals surface area contributed by atoms with Crippen LogP contribution < -0.4 is 9.47 Å². The van der Waals surface area contributed by atoms with E-state index in [2.05, 4.69) is 6.92 Å². The molecule has 0 saturated carbocycles. The lowest BCUT2D eigenvalue weighted by Gasteiger charge is -2.30. The average molecular weight is 277 g/mol. The normalized spacial score (nSPS) is 18.8. The standard InChI is InChI=1S/C16H23NO3/c1-12-6-7-14(15(9-12)19-3)20-11-16(18)17-8-4-5-13(2)10-17/h6-7,9,13H,4-5,8,10-11H2,1-3H3. The van der Waals surface area contributed by atoms with Crippen molar-refractivity contribution in [3.05, 3.63) is 23.8 Å². The number of hydrogen-bond donors (Lipinski definition) is 0. The molecule has 1 aliphatic rings. The van der Waals surface area contributed by atoms with Crippen molar-refractivity contribution in [3.8, 4) is 11.5 Å². The molecule has 4 heteroatoms. The number of carbonyl (C=O) groups excluding carboxylic acids is 1. The second-order valence-electron chi connectivity index (χ2n) is 5.53. The Kier molecular flexibility index (Phi) is 4.88. The first-order valence-corrected chi connectivity index (χ1v) is 7.15. The monoisotopic (exact) mass is 277 g/mol. The van der Waals surface area contributed by atoms with E-state index in [4.69, 9.17) is 9.47 Å². The molecular formula is C16H23NO3. The predicted octanol–water partition coefficient (Wildman–Crippen LogP) is 2.64. The van der Waals surface area contributed by atoms with E-state index in [0.717, 1.165) is 25.1 Å². The molecule has 110 valence electrons. The van der Waals surface area contributed by atoms with Crippen LogP contribution in [0.2, 0.25) is 0 Å². The van der Waals surface area contributed by atoms with Gasteiger partial charge in [0.15, 0.2) is 18.1 Å². The number of rotatable bonds is 4. The topological polar surface area (TPSA) is 38.8 Å². The number of benzene rings is 1. The zero-order valence-corrected chi connectivity index (χ0v) is 12.5. The highest BCUT2D eigenvalue weighted by Gasteiger charge is 2.21. The van der Waals surface area contributed by atoms with Gasteiger partial charge in [0.25, 0.3) is 5.91 Å². The van der Waals surface area contributed by atoms with Crippen molar-refractivity contribution < 1.29 is 14.3 Å². The molecule has 0 aliphatic carbocycles. The zero-order valence-electron chi connectivity index (χ0n) is 12.5. The van der Waals surface area contributed by atoms with E-state index < -0.39 is 0 Å². The Bertz CT molecular complexity index is 473. The maximum absolute atomic E-state index is 12.1. The summed E-state index contributed by atoms with van der Waals surface area (Å²) in [4.78, 5) is 14.0. The fourth-order valence-corrected chi connectivity index (χ4v) is 2.54. The lowest BCUT2D eigenvalue weighted by atomic mass is 10.0. The third-order valence-corrected chi connectivity index (χ3v) is 3.68. The first-order valence-electron chi connectivity index (χ1n) is 7.15. The summed E-state index contributed by atoms with van der Waals surface area (Å²) in [6.07, 6.45) is 2.29. The minimum atomic E-state index is 0.0548. The van der Waals surface area contributed by atoms with Gasteiger partial charge in [-0.3, -0.25) is 4.79 Å². The summed E-state index contributed by atoms with van der Waals surface area (Å²) < 4.78 is 10.9. The SMILES string of the molecule is COc1cc(C)ccc1OCC(=O)N1CCCC(C)C1. The van der Waals surface area contributed by atoms with Crippen LogP contribution in [0.1, 0.15) is 25.3 Å². The fraction of sp³-hybridized carbons (Fsp3) is 0.562. The van der Waals surface area contributed by atoms with Crippen LogP contribution in [0.5, 0.6) is 11.5 Å². The van der Waals surface area contributed by atoms with E-state index in [0.29, 0.717) is 17.4 Å². The van der Waals surface area contributed by atoms with E-state index in [1.165, 1.54) is 6.42 Å². The van der Waals surface area contributed by atoms with Crippen molar-refractivity contribution in [3.63, 3.8) is 0 Å². The number of amides is 1. The van der Waals surface area contributed by atoms with Crippen molar-refractivity contribution in [2.24, 2.45) is 5.92 Å². The number of methoxy groups -OCH3 is 1. The second-order valence-corrected chi connectivity index (χ2v) is 5.53. The molecule has 1 aromatic rings. The molecule has 0 aromatic heterocycles. The van der Waals surface area contributed by atoms with Crippen LogP contribution >= 0.6 is 0 Å². The van der Waals surface area contributed by atoms with Gasteiger partial charge in [-0.25, -0.2) is 0 Å². The number of hydrogen-bond acceptors (Lipinski definition) is 3. The van der Waals surface area contributed by atoms with Crippen LogP contribution in [-0.4, -0.2) is 37.6 Å². The van der Waals surface area contributed by atoms with Crippen LogP contribution in [0.3, 0.4) is 0 Å². The highest BCUT2D eigenvalue weighted by Crippen LogP contribution is 2.27. The van der Waals surface area contributed by atoms with Gasteiger partial charge in [0.05, 0.1) is 7.11 Å². The van der Waals surface area contributed by atoms with Crippen LogP contribution in [0, 0.1) is 12.8 Å². The minimum absolute atomic E-state index is 0.0548. The quantitative estimate of drug-likeness (QED) is 0.849. The van der Waals surface area contributed by atoms with Gasteiger partial charge in [0.2, 0.25) is 0 Å². The van der Waals surface area contributed by atoms with Gasteiger partial charge >= 0.3 is 0 Å². The summed E-state index contributed by atoms with van der Waals surface area (Å²) in [5.41, 5.74) is 1.10. The first kappa shape index (κ1) is 14.7. The Morgan fingerprint density at radius 2 is 2.20 bits per heavy atom. The van der Waals surface area contributed by atoms with Gasteiger partial charge in [-0.15, -0.1) is 0 Å². The van der Waals surface area contributed by atoms with Crippen LogP contribution in [0.15, 0.2) is 18.2 Å². The Balaban J connectivity index is 1.93. The highest BCUT2D eigenvalue weighted by molar-refractivity contribution is 5.78. The Labute approximate surface area is 120 Å². The largest absolute Gasteiger partial charge is 0.493 e. The molecule has 1 aromatic carbocycles. The van der Waals surface area contributed by atoms with Crippen molar-refractivity contribution in [2.45, 2.75) is 26.7 Å². The number of piperidine rings is 1. The molecule has 1 amide bonds. The molecule has 0 N–H and O–H groups in total. The third-order valence-electron chi connectivity index (χ3n) is 3.68.